The van der Waals surface area contributed by atoms with Crippen LogP contribution in [0.15, 0.2) is 48.0 Å². The Kier molecular flexibility index (Phi) is 11.2. The first-order valence-electron chi connectivity index (χ1n) is 13.8. The number of likely N-dealkylation sites (tertiary alicyclic amines) is 1. The Morgan fingerprint density at radius 1 is 0.947 bits per heavy atom. The molecule has 1 heterocycles. The highest BCUT2D eigenvalue weighted by Crippen LogP contribution is 2.45. The van der Waals surface area contributed by atoms with Gasteiger partial charge in [0.25, 0.3) is 0 Å². The molecule has 2 aromatic carbocycles. The number of aliphatic hydroxyl groups excluding tert-OH is 2. The van der Waals surface area contributed by atoms with E-state index in [1.165, 1.54) is 0 Å². The Balaban J connectivity index is 1.99. The fourth-order valence-electron chi connectivity index (χ4n) is 5.05. The number of carbonyl (C=O) groups excluding carboxylic acids is 1. The number of ether oxygens (including phenoxy) is 2. The average molecular weight is 525 g/mol. The Morgan fingerprint density at radius 3 is 2.16 bits per heavy atom. The van der Waals surface area contributed by atoms with Gasteiger partial charge in [0, 0.05) is 23.7 Å². The number of nitrogens with zero attached hydrogens (tertiary/aromatic N) is 2. The monoisotopic (exact) mass is 524 g/mol. The second kappa shape index (κ2) is 14.3. The third-order valence-electron chi connectivity index (χ3n) is 7.28. The van der Waals surface area contributed by atoms with Crippen molar-refractivity contribution in [1.29, 1.82) is 0 Å². The fraction of sp³-hybridized carbons (Fsp3) is 0.516. The van der Waals surface area contributed by atoms with Crippen molar-refractivity contribution in [1.82, 2.24) is 9.80 Å². The molecule has 3 rings (SSSR count). The summed E-state index contributed by atoms with van der Waals surface area (Å²) >= 11 is 0. The lowest BCUT2D eigenvalue weighted by atomic mass is 9.94. The lowest BCUT2D eigenvalue weighted by molar-refractivity contribution is -0.127. The van der Waals surface area contributed by atoms with Crippen LogP contribution >= 0.6 is 0 Å². The lowest BCUT2D eigenvalue weighted by Gasteiger charge is -2.29. The quantitative estimate of drug-likeness (QED) is 0.249. The van der Waals surface area contributed by atoms with E-state index in [1.54, 1.807) is 37.3 Å². The standard InChI is InChI=1S/C31H44N2O5/c1-6-8-17-32(18-9-7-2)19-10-20-33-28(25-16-15-24(37-4)21-26(25)38-5)27(30(35)31(33)36)29(34)23-13-11-22(3)12-14-23/h11-16,21,28,31,34,36H,6-10,17-20H2,1-5H3/t28-,31+/m1/s1. The summed E-state index contributed by atoms with van der Waals surface area (Å²) in [5.41, 5.74) is 2.46. The van der Waals surface area contributed by atoms with E-state index in [0.717, 1.165) is 57.3 Å². The van der Waals surface area contributed by atoms with E-state index in [9.17, 15) is 15.0 Å². The number of aliphatic hydroxyl groups is 2. The molecule has 0 bridgehead atoms. The van der Waals surface area contributed by atoms with Crippen molar-refractivity contribution in [2.45, 2.75) is 65.1 Å². The van der Waals surface area contributed by atoms with Gasteiger partial charge in [0.1, 0.15) is 17.3 Å². The maximum atomic E-state index is 13.5. The van der Waals surface area contributed by atoms with Crippen LogP contribution in [0.5, 0.6) is 11.5 Å². The minimum Gasteiger partial charge on any atom is -0.507 e. The van der Waals surface area contributed by atoms with Gasteiger partial charge in [0.05, 0.1) is 25.8 Å². The number of Topliss-reactive ketones (excluding diaryl/α,β-unsaturated/α-hetero) is 1. The van der Waals surface area contributed by atoms with Crippen molar-refractivity contribution in [2.75, 3.05) is 40.4 Å². The van der Waals surface area contributed by atoms with Gasteiger partial charge in [-0.25, -0.2) is 0 Å². The third kappa shape index (κ3) is 6.95. The van der Waals surface area contributed by atoms with Gasteiger partial charge >= 0.3 is 0 Å². The molecule has 7 heteroatoms. The molecule has 1 aliphatic rings. The van der Waals surface area contributed by atoms with E-state index >= 15 is 0 Å². The first-order chi connectivity index (χ1) is 18.4. The zero-order chi connectivity index (χ0) is 27.7. The molecular formula is C31H44N2O5. The van der Waals surface area contributed by atoms with Gasteiger partial charge in [-0.15, -0.1) is 0 Å². The number of unbranched alkanes of at least 4 members (excludes halogenated alkanes) is 2. The normalized spacial score (nSPS) is 19.3. The molecule has 0 saturated carbocycles. The summed E-state index contributed by atoms with van der Waals surface area (Å²) in [4.78, 5) is 17.8. The van der Waals surface area contributed by atoms with Crippen LogP contribution in [0, 0.1) is 6.92 Å². The minimum absolute atomic E-state index is 0.119. The Labute approximate surface area is 227 Å². The van der Waals surface area contributed by atoms with Crippen molar-refractivity contribution in [3.63, 3.8) is 0 Å². The Morgan fingerprint density at radius 2 is 1.58 bits per heavy atom. The lowest BCUT2D eigenvalue weighted by Crippen LogP contribution is -2.37. The number of carbonyl (C=O) groups is 1. The molecule has 2 N–H and O–H groups in total. The zero-order valence-corrected chi connectivity index (χ0v) is 23.6. The summed E-state index contributed by atoms with van der Waals surface area (Å²) in [6.45, 7) is 9.84. The smallest absolute Gasteiger partial charge is 0.208 e. The van der Waals surface area contributed by atoms with E-state index in [0.29, 0.717) is 29.2 Å². The van der Waals surface area contributed by atoms with E-state index in [-0.39, 0.29) is 11.3 Å². The highest BCUT2D eigenvalue weighted by molar-refractivity contribution is 6.07. The molecule has 1 aliphatic heterocycles. The summed E-state index contributed by atoms with van der Waals surface area (Å²) in [7, 11) is 3.15. The van der Waals surface area contributed by atoms with Crippen molar-refractivity contribution in [2.24, 2.45) is 0 Å². The van der Waals surface area contributed by atoms with Crippen LogP contribution in [0.3, 0.4) is 0 Å². The van der Waals surface area contributed by atoms with Gasteiger partial charge in [-0.1, -0.05) is 56.5 Å². The number of benzene rings is 2. The number of methoxy groups -OCH3 is 2. The molecule has 0 unspecified atom stereocenters. The molecule has 0 aliphatic carbocycles. The van der Waals surface area contributed by atoms with E-state index in [4.69, 9.17) is 9.47 Å². The van der Waals surface area contributed by atoms with E-state index in [1.807, 2.05) is 31.2 Å². The number of rotatable bonds is 14. The number of hydrogen-bond donors (Lipinski definition) is 2. The Bertz CT molecular complexity index is 1070. The summed E-state index contributed by atoms with van der Waals surface area (Å²) in [6, 6.07) is 12.1. The predicted molar refractivity (Wildman–Crippen MR) is 152 cm³/mol. The maximum absolute atomic E-state index is 13.5. The van der Waals surface area contributed by atoms with Crippen LogP contribution in [0.1, 0.15) is 68.7 Å². The molecule has 2 atom stereocenters. The first-order valence-corrected chi connectivity index (χ1v) is 13.8. The van der Waals surface area contributed by atoms with Crippen molar-refractivity contribution in [3.8, 4) is 11.5 Å². The SMILES string of the molecule is CCCCN(CCCC)CCCN1[C@@H](O)C(=O)C(=C(O)c2ccc(C)cc2)[C@H]1c1ccc(OC)cc1OC. The number of ketones is 1. The maximum Gasteiger partial charge on any atom is 0.208 e. The minimum atomic E-state index is -1.35. The second-order valence-electron chi connectivity index (χ2n) is 10.0. The van der Waals surface area contributed by atoms with Crippen molar-refractivity contribution >= 4 is 11.5 Å². The summed E-state index contributed by atoms with van der Waals surface area (Å²) in [6.07, 6.45) is 4.02. The molecule has 0 spiro atoms. The molecule has 1 fully saturated rings. The van der Waals surface area contributed by atoms with Gasteiger partial charge < -0.3 is 24.6 Å². The van der Waals surface area contributed by atoms with Gasteiger partial charge in [-0.2, -0.15) is 0 Å². The zero-order valence-electron chi connectivity index (χ0n) is 23.6. The van der Waals surface area contributed by atoms with E-state index in [2.05, 4.69) is 18.7 Å². The molecule has 7 nitrogen and oxygen atoms in total. The number of aryl methyl sites for hydroxylation is 1. The van der Waals surface area contributed by atoms with Crippen LogP contribution in [-0.2, 0) is 4.79 Å². The van der Waals surface area contributed by atoms with Gasteiger partial charge in [0.15, 0.2) is 6.23 Å². The highest BCUT2D eigenvalue weighted by atomic mass is 16.5. The summed E-state index contributed by atoms with van der Waals surface area (Å²) < 4.78 is 11.1. The molecule has 38 heavy (non-hydrogen) atoms. The molecular weight excluding hydrogens is 480 g/mol. The van der Waals surface area contributed by atoms with Gasteiger partial charge in [-0.3, -0.25) is 9.69 Å². The summed E-state index contributed by atoms with van der Waals surface area (Å²) in [5, 5.41) is 22.5. The Hall–Kier alpha value is -2.87. The van der Waals surface area contributed by atoms with Gasteiger partial charge in [0.2, 0.25) is 5.78 Å². The van der Waals surface area contributed by atoms with Crippen LogP contribution < -0.4 is 9.47 Å². The molecule has 0 radical (unpaired) electrons. The predicted octanol–water partition coefficient (Wildman–Crippen LogP) is 5.52. The van der Waals surface area contributed by atoms with Crippen molar-refractivity contribution < 1.29 is 24.5 Å². The van der Waals surface area contributed by atoms with Gasteiger partial charge in [-0.05, 0) is 58.0 Å². The average Bonchev–Trinajstić information content (AvgIpc) is 3.18. The largest absolute Gasteiger partial charge is 0.507 e. The van der Waals surface area contributed by atoms with Crippen LogP contribution in [0.2, 0.25) is 0 Å². The molecule has 0 amide bonds. The molecule has 2 aromatic rings. The summed E-state index contributed by atoms with van der Waals surface area (Å²) in [5.74, 6) is 0.549. The molecule has 0 aromatic heterocycles. The van der Waals surface area contributed by atoms with Crippen LogP contribution in [-0.4, -0.2) is 72.4 Å². The highest BCUT2D eigenvalue weighted by Gasteiger charge is 2.47. The fourth-order valence-corrected chi connectivity index (χ4v) is 5.05. The molecule has 208 valence electrons. The van der Waals surface area contributed by atoms with Crippen molar-refractivity contribution in [3.05, 3.63) is 64.7 Å². The third-order valence-corrected chi connectivity index (χ3v) is 7.28. The first kappa shape index (κ1) is 29.7. The van der Waals surface area contributed by atoms with E-state index < -0.39 is 18.1 Å². The molecule has 1 saturated heterocycles. The number of hydrogen-bond acceptors (Lipinski definition) is 7. The topological polar surface area (TPSA) is 82.5 Å². The second-order valence-corrected chi connectivity index (χ2v) is 10.0. The van der Waals surface area contributed by atoms with Crippen LogP contribution in [0.4, 0.5) is 0 Å². The van der Waals surface area contributed by atoms with Crippen LogP contribution in [0.25, 0.3) is 5.76 Å².